The van der Waals surface area contributed by atoms with Crippen molar-refractivity contribution in [3.8, 4) is 0 Å². The van der Waals surface area contributed by atoms with Crippen LogP contribution in [0.25, 0.3) is 0 Å². The number of aliphatic hydroxyl groups is 1. The van der Waals surface area contributed by atoms with E-state index < -0.39 is 43.1 Å². The molecule has 0 aliphatic rings. The SMILES string of the molecule is NC(=O)C[C@@H](C(=O)O)N(CC(=O)O)C(O)c1ccccc1. The minimum atomic E-state index is -1.53. The number of nitrogens with zero attached hydrogens (tertiary/aromatic N) is 1. The standard InChI is InChI=1S/C13H16N2O6/c14-10(16)6-9(13(20)21)15(7-11(17)18)12(19)8-4-2-1-3-5-8/h1-5,9,12,19H,6-7H2,(H2,14,16)(H,17,18)(H,20,21)/t9-,12?/m0/s1. The Bertz CT molecular complexity index is 519. The van der Waals surface area contributed by atoms with Gasteiger partial charge in [-0.15, -0.1) is 0 Å². The lowest BCUT2D eigenvalue weighted by Gasteiger charge is -2.31. The fraction of sp³-hybridized carbons (Fsp3) is 0.308. The van der Waals surface area contributed by atoms with Gasteiger partial charge in [0, 0.05) is 0 Å². The summed E-state index contributed by atoms with van der Waals surface area (Å²) in [7, 11) is 0. The van der Waals surface area contributed by atoms with Crippen molar-refractivity contribution < 1.29 is 29.7 Å². The van der Waals surface area contributed by atoms with Gasteiger partial charge in [0.25, 0.3) is 0 Å². The minimum Gasteiger partial charge on any atom is -0.480 e. The summed E-state index contributed by atoms with van der Waals surface area (Å²) in [6.07, 6.45) is -2.09. The van der Waals surface area contributed by atoms with E-state index in [-0.39, 0.29) is 0 Å². The molecule has 0 saturated heterocycles. The molecule has 0 aliphatic heterocycles. The highest BCUT2D eigenvalue weighted by molar-refractivity contribution is 5.84. The van der Waals surface area contributed by atoms with Crippen LogP contribution >= 0.6 is 0 Å². The van der Waals surface area contributed by atoms with E-state index in [0.29, 0.717) is 5.56 Å². The largest absolute Gasteiger partial charge is 0.480 e. The predicted molar refractivity (Wildman–Crippen MR) is 71.0 cm³/mol. The molecule has 1 rings (SSSR count). The molecule has 0 fully saturated rings. The molecule has 0 aliphatic carbocycles. The molecule has 1 amide bonds. The van der Waals surface area contributed by atoms with Crippen molar-refractivity contribution in [1.29, 1.82) is 0 Å². The molecular weight excluding hydrogens is 280 g/mol. The summed E-state index contributed by atoms with van der Waals surface area (Å²) in [5.41, 5.74) is 5.29. The monoisotopic (exact) mass is 296 g/mol. The first kappa shape index (κ1) is 16.6. The topological polar surface area (TPSA) is 141 Å². The van der Waals surface area contributed by atoms with Crippen LogP contribution in [0.3, 0.4) is 0 Å². The number of carboxylic acids is 2. The second-order valence-electron chi connectivity index (χ2n) is 4.37. The van der Waals surface area contributed by atoms with E-state index in [1.165, 1.54) is 12.1 Å². The lowest BCUT2D eigenvalue weighted by atomic mass is 10.1. The summed E-state index contributed by atoms with van der Waals surface area (Å²) in [6.45, 7) is -0.750. The number of benzene rings is 1. The number of carboxylic acid groups (broad SMARTS) is 2. The number of carbonyl (C=O) groups is 3. The van der Waals surface area contributed by atoms with Gasteiger partial charge in [-0.3, -0.25) is 14.4 Å². The van der Waals surface area contributed by atoms with Crippen molar-refractivity contribution in [2.75, 3.05) is 6.54 Å². The van der Waals surface area contributed by atoms with E-state index >= 15 is 0 Å². The van der Waals surface area contributed by atoms with Crippen LogP contribution in [0.15, 0.2) is 30.3 Å². The van der Waals surface area contributed by atoms with Crippen molar-refractivity contribution in [2.24, 2.45) is 5.73 Å². The van der Waals surface area contributed by atoms with Gasteiger partial charge in [0.1, 0.15) is 12.3 Å². The Balaban J connectivity index is 3.10. The first-order valence-electron chi connectivity index (χ1n) is 6.04. The fourth-order valence-electron chi connectivity index (χ4n) is 1.88. The van der Waals surface area contributed by atoms with Crippen LogP contribution in [0.1, 0.15) is 18.2 Å². The van der Waals surface area contributed by atoms with Crippen molar-refractivity contribution in [1.82, 2.24) is 4.90 Å². The molecule has 5 N–H and O–H groups in total. The highest BCUT2D eigenvalue weighted by Crippen LogP contribution is 2.21. The summed E-state index contributed by atoms with van der Waals surface area (Å²) in [6, 6.07) is 6.41. The van der Waals surface area contributed by atoms with Gasteiger partial charge in [-0.05, 0) is 5.56 Å². The molecule has 0 bridgehead atoms. The molecule has 1 aromatic rings. The van der Waals surface area contributed by atoms with Gasteiger partial charge in [-0.2, -0.15) is 0 Å². The molecule has 114 valence electrons. The normalized spacial score (nSPS) is 13.6. The average Bonchev–Trinajstić information content (AvgIpc) is 2.42. The van der Waals surface area contributed by atoms with Crippen molar-refractivity contribution in [3.63, 3.8) is 0 Å². The molecule has 0 saturated carbocycles. The summed E-state index contributed by atoms with van der Waals surface area (Å²) in [4.78, 5) is 33.9. The van der Waals surface area contributed by atoms with E-state index in [2.05, 4.69) is 0 Å². The molecule has 0 radical (unpaired) electrons. The summed E-state index contributed by atoms with van der Waals surface area (Å²) in [5, 5.41) is 28.2. The molecule has 0 spiro atoms. The van der Waals surface area contributed by atoms with Gasteiger partial charge in [-0.1, -0.05) is 30.3 Å². The predicted octanol–water partition coefficient (Wildman–Crippen LogP) is -0.607. The Hall–Kier alpha value is -2.45. The molecule has 1 aromatic carbocycles. The van der Waals surface area contributed by atoms with Gasteiger partial charge in [0.15, 0.2) is 0 Å². The lowest BCUT2D eigenvalue weighted by Crippen LogP contribution is -2.47. The van der Waals surface area contributed by atoms with Crippen LogP contribution < -0.4 is 5.73 Å². The zero-order valence-corrected chi connectivity index (χ0v) is 11.0. The van der Waals surface area contributed by atoms with Crippen molar-refractivity contribution in [3.05, 3.63) is 35.9 Å². The Morgan fingerprint density at radius 2 is 1.71 bits per heavy atom. The van der Waals surface area contributed by atoms with Crippen LogP contribution in [-0.4, -0.2) is 50.7 Å². The number of carbonyl (C=O) groups excluding carboxylic acids is 1. The van der Waals surface area contributed by atoms with Gasteiger partial charge in [0.05, 0.1) is 13.0 Å². The zero-order chi connectivity index (χ0) is 16.0. The van der Waals surface area contributed by atoms with Crippen LogP contribution in [0, 0.1) is 0 Å². The van der Waals surface area contributed by atoms with Crippen LogP contribution in [0.2, 0.25) is 0 Å². The summed E-state index contributed by atoms with van der Waals surface area (Å²) in [5.74, 6) is -3.68. The number of aliphatic hydroxyl groups excluding tert-OH is 1. The summed E-state index contributed by atoms with van der Waals surface area (Å²) < 4.78 is 0. The number of hydrogen-bond donors (Lipinski definition) is 4. The molecule has 8 heteroatoms. The van der Waals surface area contributed by atoms with Crippen LogP contribution in [-0.2, 0) is 14.4 Å². The average molecular weight is 296 g/mol. The first-order valence-corrected chi connectivity index (χ1v) is 6.04. The first-order chi connectivity index (χ1) is 9.82. The number of rotatable bonds is 8. The maximum Gasteiger partial charge on any atom is 0.321 e. The van der Waals surface area contributed by atoms with E-state index in [1.807, 2.05) is 0 Å². The third-order valence-corrected chi connectivity index (χ3v) is 2.81. The lowest BCUT2D eigenvalue weighted by molar-refractivity contribution is -0.156. The Morgan fingerprint density at radius 3 is 2.14 bits per heavy atom. The molecule has 0 aromatic heterocycles. The Kier molecular flexibility index (Phi) is 5.82. The van der Waals surface area contributed by atoms with Gasteiger partial charge in [-0.25, -0.2) is 4.90 Å². The van der Waals surface area contributed by atoms with Gasteiger partial charge < -0.3 is 21.1 Å². The Labute approximate surface area is 120 Å². The van der Waals surface area contributed by atoms with Gasteiger partial charge in [0.2, 0.25) is 5.91 Å². The van der Waals surface area contributed by atoms with E-state index in [0.717, 1.165) is 4.90 Å². The number of aliphatic carboxylic acids is 2. The molecule has 1 unspecified atom stereocenters. The second-order valence-corrected chi connectivity index (χ2v) is 4.37. The number of hydrogen-bond acceptors (Lipinski definition) is 5. The minimum absolute atomic E-state index is 0.314. The van der Waals surface area contributed by atoms with E-state index in [1.54, 1.807) is 18.2 Å². The maximum absolute atomic E-state index is 11.2. The third kappa shape index (κ3) is 4.86. The van der Waals surface area contributed by atoms with Crippen LogP contribution in [0.4, 0.5) is 0 Å². The number of primary amides is 1. The second kappa shape index (κ2) is 7.36. The number of amides is 1. The highest BCUT2D eigenvalue weighted by Gasteiger charge is 2.34. The third-order valence-electron chi connectivity index (χ3n) is 2.81. The molecule has 0 heterocycles. The van der Waals surface area contributed by atoms with Crippen molar-refractivity contribution in [2.45, 2.75) is 18.7 Å². The quantitative estimate of drug-likeness (QED) is 0.469. The molecule has 21 heavy (non-hydrogen) atoms. The fourth-order valence-corrected chi connectivity index (χ4v) is 1.88. The molecular formula is C13H16N2O6. The number of nitrogens with two attached hydrogens (primary N) is 1. The highest BCUT2D eigenvalue weighted by atomic mass is 16.4. The smallest absolute Gasteiger partial charge is 0.321 e. The molecule has 8 nitrogen and oxygen atoms in total. The zero-order valence-electron chi connectivity index (χ0n) is 11.0. The summed E-state index contributed by atoms with van der Waals surface area (Å²) >= 11 is 0. The van der Waals surface area contributed by atoms with Gasteiger partial charge >= 0.3 is 11.9 Å². The Morgan fingerprint density at radius 1 is 1.14 bits per heavy atom. The van der Waals surface area contributed by atoms with E-state index in [4.69, 9.17) is 15.9 Å². The maximum atomic E-state index is 11.2. The molecule has 2 atom stereocenters. The van der Waals surface area contributed by atoms with Crippen molar-refractivity contribution >= 4 is 17.8 Å². The van der Waals surface area contributed by atoms with Crippen LogP contribution in [0.5, 0.6) is 0 Å². The van der Waals surface area contributed by atoms with E-state index in [9.17, 15) is 19.5 Å².